The molecule has 1 saturated heterocycles. The normalized spacial score (nSPS) is 15.6. The van der Waals surface area contributed by atoms with Crippen LogP contribution < -0.4 is 15.5 Å². The molecule has 0 radical (unpaired) electrons. The Morgan fingerprint density at radius 1 is 1.28 bits per heavy atom. The number of alkyl halides is 4. The van der Waals surface area contributed by atoms with E-state index in [0.29, 0.717) is 17.8 Å². The second kappa shape index (κ2) is 8.37. The number of benzene rings is 1. The number of nitrogens with two attached hydrogens (primary N) is 1. The van der Waals surface area contributed by atoms with E-state index in [-0.39, 0.29) is 37.1 Å². The van der Waals surface area contributed by atoms with Gasteiger partial charge in [-0.05, 0) is 18.2 Å². The Labute approximate surface area is 161 Å². The Balaban J connectivity index is 1.59. The van der Waals surface area contributed by atoms with Crippen molar-refractivity contribution in [3.8, 4) is 6.01 Å². The zero-order valence-corrected chi connectivity index (χ0v) is 14.8. The molecule has 0 bridgehead atoms. The van der Waals surface area contributed by atoms with Crippen molar-refractivity contribution in [1.82, 2.24) is 9.97 Å². The van der Waals surface area contributed by atoms with Gasteiger partial charge in [0.25, 0.3) is 0 Å². The zero-order valence-electron chi connectivity index (χ0n) is 14.8. The zero-order chi connectivity index (χ0) is 21.0. The molecule has 0 spiro atoms. The van der Waals surface area contributed by atoms with Crippen molar-refractivity contribution < 1.29 is 26.7 Å². The molecule has 1 aliphatic heterocycles. The van der Waals surface area contributed by atoms with Crippen LogP contribution in [-0.2, 0) is 6.18 Å². The van der Waals surface area contributed by atoms with Crippen molar-refractivity contribution in [3.05, 3.63) is 42.0 Å². The molecule has 0 unspecified atom stereocenters. The third-order valence-electron chi connectivity index (χ3n) is 3.95. The molecular formula is C17H15F5N6O. The lowest BCUT2D eigenvalue weighted by Gasteiger charge is -2.35. The van der Waals surface area contributed by atoms with Gasteiger partial charge in [-0.1, -0.05) is 0 Å². The highest BCUT2D eigenvalue weighted by molar-refractivity contribution is 6.31. The van der Waals surface area contributed by atoms with Crippen molar-refractivity contribution in [2.75, 3.05) is 24.6 Å². The first-order valence-corrected chi connectivity index (χ1v) is 8.27. The third kappa shape index (κ3) is 5.15. The van der Waals surface area contributed by atoms with E-state index in [9.17, 15) is 22.0 Å². The number of hydrazone groups is 1. The van der Waals surface area contributed by atoms with Crippen LogP contribution >= 0.6 is 0 Å². The lowest BCUT2D eigenvalue weighted by atomic mass is 10.2. The Morgan fingerprint density at radius 3 is 2.55 bits per heavy atom. The van der Waals surface area contributed by atoms with Crippen LogP contribution in [-0.4, -0.2) is 47.8 Å². The number of anilines is 1. The van der Waals surface area contributed by atoms with Gasteiger partial charge in [-0.15, -0.1) is 0 Å². The quantitative estimate of drug-likeness (QED) is 0.340. The largest absolute Gasteiger partial charge is 0.457 e. The second-order valence-corrected chi connectivity index (χ2v) is 6.06. The molecule has 154 valence electrons. The molecule has 0 saturated carbocycles. The van der Waals surface area contributed by atoms with Gasteiger partial charge in [0, 0.05) is 0 Å². The van der Waals surface area contributed by atoms with Gasteiger partial charge >= 0.3 is 12.2 Å². The smallest absolute Gasteiger partial charge is 0.419 e. The van der Waals surface area contributed by atoms with Gasteiger partial charge in [0.2, 0.25) is 0 Å². The minimum atomic E-state index is -4.84. The van der Waals surface area contributed by atoms with Crippen molar-refractivity contribution in [2.24, 2.45) is 15.9 Å². The predicted octanol–water partition coefficient (Wildman–Crippen LogP) is 2.89. The molecule has 1 fully saturated rings. The van der Waals surface area contributed by atoms with Crippen LogP contribution in [0.25, 0.3) is 0 Å². The van der Waals surface area contributed by atoms with Crippen LogP contribution in [0.1, 0.15) is 5.56 Å². The summed E-state index contributed by atoms with van der Waals surface area (Å²) in [5.41, 5.74) is -0.832. The minimum absolute atomic E-state index is 0.00163. The van der Waals surface area contributed by atoms with E-state index >= 15 is 0 Å². The molecule has 7 nitrogen and oxygen atoms in total. The molecule has 1 aromatic carbocycles. The van der Waals surface area contributed by atoms with Crippen molar-refractivity contribution in [3.63, 3.8) is 0 Å². The maximum atomic E-state index is 13.3. The molecule has 2 heterocycles. The number of hydrogen-bond acceptors (Lipinski definition) is 7. The van der Waals surface area contributed by atoms with Gasteiger partial charge in [0.15, 0.2) is 0 Å². The van der Waals surface area contributed by atoms with Crippen molar-refractivity contribution >= 4 is 23.3 Å². The molecule has 12 heteroatoms. The minimum Gasteiger partial charge on any atom is -0.457 e. The van der Waals surface area contributed by atoms with Crippen molar-refractivity contribution in [2.45, 2.75) is 12.3 Å². The summed E-state index contributed by atoms with van der Waals surface area (Å²) in [6.45, 7) is 0.357. The topological polar surface area (TPSA) is 89.0 Å². The molecular weight excluding hydrogens is 399 g/mol. The maximum Gasteiger partial charge on any atom is 0.419 e. The molecule has 0 aliphatic carbocycles. The van der Waals surface area contributed by atoms with Gasteiger partial charge in [-0.2, -0.15) is 18.3 Å². The van der Waals surface area contributed by atoms with Crippen LogP contribution in [0.15, 0.2) is 40.7 Å². The Kier molecular flexibility index (Phi) is 5.89. The number of halogens is 5. The number of aliphatic imine (C=N–C) groups is 1. The van der Waals surface area contributed by atoms with E-state index in [0.717, 1.165) is 12.3 Å². The summed E-state index contributed by atoms with van der Waals surface area (Å²) in [5.74, 6) is 3.83. The van der Waals surface area contributed by atoms with E-state index < -0.39 is 23.7 Å². The lowest BCUT2D eigenvalue weighted by Crippen LogP contribution is -2.48. The highest BCUT2D eigenvalue weighted by Gasteiger charge is 2.34. The van der Waals surface area contributed by atoms with Crippen LogP contribution in [0.2, 0.25) is 0 Å². The summed E-state index contributed by atoms with van der Waals surface area (Å²) < 4.78 is 69.6. The lowest BCUT2D eigenvalue weighted by molar-refractivity contribution is -0.139. The Hall–Kier alpha value is -3.31. The number of aromatic nitrogens is 2. The highest BCUT2D eigenvalue weighted by atomic mass is 19.4. The molecule has 0 atom stereocenters. The fraction of sp³-hybridized carbons (Fsp3) is 0.294. The molecule has 0 amide bonds. The summed E-state index contributed by atoms with van der Waals surface area (Å²) in [5, 5.41) is 3.42. The molecule has 3 rings (SSSR count). The van der Waals surface area contributed by atoms with E-state index in [4.69, 9.17) is 10.6 Å². The summed E-state index contributed by atoms with van der Waals surface area (Å²) in [7, 11) is 0. The fourth-order valence-electron chi connectivity index (χ4n) is 2.39. The number of nitrogens with zero attached hydrogens (tertiary/aromatic N) is 5. The first kappa shape index (κ1) is 20.4. The SMILES string of the molecule is NN=C(C=Nc1ccc(F)c(C(F)(F)F)c1)COc1ncc(N2CC(F)C2)cn1. The molecule has 1 aliphatic rings. The molecule has 29 heavy (non-hydrogen) atoms. The van der Waals surface area contributed by atoms with E-state index in [1.807, 2.05) is 0 Å². The summed E-state index contributed by atoms with van der Waals surface area (Å²) in [6, 6.07) is 2.32. The standard InChI is InChI=1S/C17H15F5N6O/c18-10-7-28(8-10)13-5-25-16(26-6-13)29-9-12(27-23)4-24-11-1-2-15(19)14(3-11)17(20,21)22/h1-6,10H,7-9,23H2. The van der Waals surface area contributed by atoms with Gasteiger partial charge < -0.3 is 15.5 Å². The van der Waals surface area contributed by atoms with Crippen LogP contribution in [0, 0.1) is 5.82 Å². The Bertz CT molecular complexity index is 910. The van der Waals surface area contributed by atoms with Crippen molar-refractivity contribution in [1.29, 1.82) is 0 Å². The molecule has 2 aromatic rings. The van der Waals surface area contributed by atoms with E-state index in [1.54, 1.807) is 4.90 Å². The van der Waals surface area contributed by atoms with Gasteiger partial charge in [0.1, 0.15) is 24.3 Å². The average Bonchev–Trinajstić information content (AvgIpc) is 2.66. The van der Waals surface area contributed by atoms with E-state index in [2.05, 4.69) is 20.1 Å². The highest BCUT2D eigenvalue weighted by Crippen LogP contribution is 2.33. The van der Waals surface area contributed by atoms with Crippen LogP contribution in [0.5, 0.6) is 6.01 Å². The molecule has 2 N–H and O–H groups in total. The van der Waals surface area contributed by atoms with Gasteiger partial charge in [-0.3, -0.25) is 4.99 Å². The average molecular weight is 414 g/mol. The Morgan fingerprint density at radius 2 is 1.97 bits per heavy atom. The van der Waals surface area contributed by atoms with Gasteiger partial charge in [-0.25, -0.2) is 18.7 Å². The van der Waals surface area contributed by atoms with E-state index in [1.165, 1.54) is 12.4 Å². The monoisotopic (exact) mass is 414 g/mol. The fourth-order valence-corrected chi connectivity index (χ4v) is 2.39. The van der Waals surface area contributed by atoms with Crippen LogP contribution in [0.4, 0.5) is 33.3 Å². The summed E-state index contributed by atoms with van der Waals surface area (Å²) >= 11 is 0. The summed E-state index contributed by atoms with van der Waals surface area (Å²) in [6.07, 6.45) is -1.67. The maximum absolute atomic E-state index is 13.3. The first-order valence-electron chi connectivity index (χ1n) is 8.27. The van der Waals surface area contributed by atoms with Gasteiger partial charge in [0.05, 0.1) is 48.6 Å². The second-order valence-electron chi connectivity index (χ2n) is 6.06. The van der Waals surface area contributed by atoms with Crippen LogP contribution in [0.3, 0.4) is 0 Å². The summed E-state index contributed by atoms with van der Waals surface area (Å²) in [4.78, 5) is 13.5. The first-order chi connectivity index (χ1) is 13.8. The number of hydrogen-bond donors (Lipinski definition) is 1. The molecule has 1 aromatic heterocycles. The third-order valence-corrected chi connectivity index (χ3v) is 3.95. The predicted molar refractivity (Wildman–Crippen MR) is 95.8 cm³/mol. The number of rotatable bonds is 6. The number of ether oxygens (including phenoxy) is 1.